The van der Waals surface area contributed by atoms with E-state index in [9.17, 15) is 0 Å². The van der Waals surface area contributed by atoms with Crippen molar-refractivity contribution in [3.05, 3.63) is 12.3 Å². The van der Waals surface area contributed by atoms with E-state index in [4.69, 9.17) is 9.57 Å². The van der Waals surface area contributed by atoms with Crippen molar-refractivity contribution in [1.29, 1.82) is 0 Å². The van der Waals surface area contributed by atoms with E-state index in [-0.39, 0.29) is 0 Å². The predicted molar refractivity (Wildman–Crippen MR) is 36.9 cm³/mol. The molecular formula is C5H8NO2P. The summed E-state index contributed by atoms with van der Waals surface area (Å²) in [4.78, 5) is 4.70. The summed E-state index contributed by atoms with van der Waals surface area (Å²) in [5, 5.41) is 2.64. The maximum absolute atomic E-state index is 5.16. The second-order valence-corrected chi connectivity index (χ2v) is 2.24. The second-order valence-electron chi connectivity index (χ2n) is 1.39. The molecule has 0 saturated heterocycles. The Balaban J connectivity index is 2.38. The van der Waals surface area contributed by atoms with E-state index in [0.717, 1.165) is 13.8 Å². The summed E-state index contributed by atoms with van der Waals surface area (Å²) in [6.07, 6.45) is 3.35. The fourth-order valence-corrected chi connectivity index (χ4v) is 0.992. The molecule has 0 bridgehead atoms. The Labute approximate surface area is 55.5 Å². The monoisotopic (exact) mass is 145 g/mol. The third-order valence-electron chi connectivity index (χ3n) is 0.779. The minimum absolute atomic E-state index is 0.703. The summed E-state index contributed by atoms with van der Waals surface area (Å²) in [6.45, 7) is 2.65. The lowest BCUT2D eigenvalue weighted by molar-refractivity contribution is 0.209. The van der Waals surface area contributed by atoms with E-state index in [2.05, 4.69) is 5.25 Å². The lowest BCUT2D eigenvalue weighted by Gasteiger charge is -2.05. The molecule has 50 valence electrons. The molecule has 1 rings (SSSR count). The van der Waals surface area contributed by atoms with E-state index in [1.165, 1.54) is 0 Å². The van der Waals surface area contributed by atoms with Gasteiger partial charge in [0, 0.05) is 6.08 Å². The number of ether oxygens (including phenoxy) is 1. The van der Waals surface area contributed by atoms with Crippen LogP contribution in [0.1, 0.15) is 6.92 Å². The van der Waals surface area contributed by atoms with Crippen molar-refractivity contribution in [3.63, 3.8) is 0 Å². The van der Waals surface area contributed by atoms with Crippen molar-refractivity contribution in [3.8, 4) is 0 Å². The molecular weight excluding hydrogens is 137 g/mol. The van der Waals surface area contributed by atoms with Crippen molar-refractivity contribution in [2.24, 2.45) is 0 Å². The van der Waals surface area contributed by atoms with Crippen LogP contribution in [0.2, 0.25) is 0 Å². The van der Waals surface area contributed by atoms with Crippen molar-refractivity contribution in [2.75, 3.05) is 6.61 Å². The van der Waals surface area contributed by atoms with Gasteiger partial charge in [0.1, 0.15) is 11.7 Å². The number of nitrogens with one attached hydrogen (secondary N) is 1. The highest BCUT2D eigenvalue weighted by Crippen LogP contribution is 2.02. The van der Waals surface area contributed by atoms with E-state index < -0.39 is 0 Å². The second kappa shape index (κ2) is 3.62. The number of hydrogen-bond donors (Lipinski definition) is 1. The molecule has 9 heavy (non-hydrogen) atoms. The molecule has 0 aromatic rings. The van der Waals surface area contributed by atoms with Crippen LogP contribution in [0.3, 0.4) is 0 Å². The van der Waals surface area contributed by atoms with Gasteiger partial charge in [-0.2, -0.15) is 0 Å². The molecule has 3 nitrogen and oxygen atoms in total. The van der Waals surface area contributed by atoms with Crippen LogP contribution in [0.25, 0.3) is 0 Å². The third-order valence-corrected chi connectivity index (χ3v) is 1.47. The van der Waals surface area contributed by atoms with Gasteiger partial charge >= 0.3 is 0 Å². The van der Waals surface area contributed by atoms with Crippen LogP contribution < -0.4 is 5.25 Å². The maximum Gasteiger partial charge on any atom is 0.119 e. The zero-order valence-corrected chi connectivity index (χ0v) is 6.02. The van der Waals surface area contributed by atoms with E-state index in [1.807, 2.05) is 6.92 Å². The highest BCUT2D eigenvalue weighted by molar-refractivity contribution is 7.38. The maximum atomic E-state index is 5.16. The highest BCUT2D eigenvalue weighted by Gasteiger charge is 1.95. The largest absolute Gasteiger partial charge is 0.408 e. The van der Waals surface area contributed by atoms with Gasteiger partial charge < -0.3 is 9.57 Å². The Morgan fingerprint density at radius 1 is 1.89 bits per heavy atom. The van der Waals surface area contributed by atoms with E-state index >= 15 is 0 Å². The first-order valence-corrected chi connectivity index (χ1v) is 3.60. The zero-order valence-electron chi connectivity index (χ0n) is 5.13. The SMILES string of the molecule is CCOC1=PNOC=C1. The number of hydrogen-bond acceptors (Lipinski definition) is 3. The van der Waals surface area contributed by atoms with Gasteiger partial charge in [0.05, 0.1) is 15.0 Å². The molecule has 0 fully saturated rings. The minimum atomic E-state index is 0.703. The van der Waals surface area contributed by atoms with Gasteiger partial charge in [-0.3, -0.25) is 0 Å². The van der Waals surface area contributed by atoms with Gasteiger partial charge in [0.15, 0.2) is 0 Å². The van der Waals surface area contributed by atoms with E-state index in [1.54, 1.807) is 12.3 Å². The summed E-state index contributed by atoms with van der Waals surface area (Å²) in [6, 6.07) is 0. The van der Waals surface area contributed by atoms with Crippen LogP contribution in [0.15, 0.2) is 12.3 Å². The quantitative estimate of drug-likeness (QED) is 0.589. The molecule has 0 unspecified atom stereocenters. The molecule has 1 aliphatic rings. The van der Waals surface area contributed by atoms with Gasteiger partial charge in [-0.05, 0) is 6.92 Å². The molecule has 0 radical (unpaired) electrons. The van der Waals surface area contributed by atoms with Crippen LogP contribution in [0, 0.1) is 0 Å². The standard InChI is InChI=1S/C5H8NO2P/c1-2-7-5-3-4-8-6-9-5/h3-4,6H,2H2,1H3. The number of rotatable bonds is 2. The van der Waals surface area contributed by atoms with Gasteiger partial charge in [-0.25, -0.2) is 0 Å². The Bertz CT molecular complexity index is 144. The first kappa shape index (κ1) is 6.75. The van der Waals surface area contributed by atoms with Crippen LogP contribution in [-0.2, 0) is 9.57 Å². The van der Waals surface area contributed by atoms with Crippen LogP contribution in [0.4, 0.5) is 0 Å². The van der Waals surface area contributed by atoms with Gasteiger partial charge in [-0.1, -0.05) is 0 Å². The first-order chi connectivity index (χ1) is 4.43. The molecule has 1 aliphatic heterocycles. The van der Waals surface area contributed by atoms with E-state index in [0.29, 0.717) is 6.61 Å². The van der Waals surface area contributed by atoms with Gasteiger partial charge in [-0.15, -0.1) is 5.25 Å². The Morgan fingerprint density at radius 2 is 2.78 bits per heavy atom. The highest BCUT2D eigenvalue weighted by atomic mass is 31.1. The van der Waals surface area contributed by atoms with Crippen LogP contribution in [-0.4, -0.2) is 12.1 Å². The molecule has 4 heteroatoms. The minimum Gasteiger partial charge on any atom is -0.408 e. The topological polar surface area (TPSA) is 30.5 Å². The van der Waals surface area contributed by atoms with Crippen molar-refractivity contribution in [1.82, 2.24) is 5.25 Å². The third kappa shape index (κ3) is 2.14. The van der Waals surface area contributed by atoms with Crippen molar-refractivity contribution < 1.29 is 9.57 Å². The molecule has 0 spiro atoms. The average Bonchev–Trinajstić information content (AvgIpc) is 1.91. The first-order valence-electron chi connectivity index (χ1n) is 2.71. The molecule has 0 aromatic heterocycles. The average molecular weight is 145 g/mol. The molecule has 1 heterocycles. The van der Waals surface area contributed by atoms with Gasteiger partial charge in [0.2, 0.25) is 0 Å². The molecule has 0 aliphatic carbocycles. The van der Waals surface area contributed by atoms with Crippen molar-refractivity contribution in [2.45, 2.75) is 6.92 Å². The Kier molecular flexibility index (Phi) is 2.71. The summed E-state index contributed by atoms with van der Waals surface area (Å²) < 4.78 is 5.16. The Morgan fingerprint density at radius 3 is 3.33 bits per heavy atom. The molecule has 0 aromatic carbocycles. The van der Waals surface area contributed by atoms with Gasteiger partial charge in [0.25, 0.3) is 0 Å². The smallest absolute Gasteiger partial charge is 0.119 e. The predicted octanol–water partition coefficient (Wildman–Crippen LogP) is 1.06. The lowest BCUT2D eigenvalue weighted by Crippen LogP contribution is -2.07. The summed E-state index contributed by atoms with van der Waals surface area (Å²) >= 11 is 0. The summed E-state index contributed by atoms with van der Waals surface area (Å²) in [5.41, 5.74) is 0.892. The van der Waals surface area contributed by atoms with Crippen LogP contribution in [0.5, 0.6) is 0 Å². The molecule has 1 N–H and O–H groups in total. The molecule has 0 atom stereocenters. The summed E-state index contributed by atoms with van der Waals surface area (Å²) in [7, 11) is 0.879. The molecule has 0 amide bonds. The lowest BCUT2D eigenvalue weighted by atomic mass is 10.6. The fourth-order valence-electron chi connectivity index (χ4n) is 0.460. The normalized spacial score (nSPS) is 18.6. The van der Waals surface area contributed by atoms with Crippen molar-refractivity contribution >= 4 is 13.8 Å². The Hall–Kier alpha value is -0.370. The zero-order chi connectivity index (χ0) is 6.53. The summed E-state index contributed by atoms with van der Waals surface area (Å²) in [5.74, 6) is 0. The fraction of sp³-hybridized carbons (Fsp3) is 0.400. The van der Waals surface area contributed by atoms with Crippen LogP contribution >= 0.6 is 8.35 Å². The molecule has 0 saturated carbocycles.